The summed E-state index contributed by atoms with van der Waals surface area (Å²) >= 11 is 7.81. The summed E-state index contributed by atoms with van der Waals surface area (Å²) in [5.41, 5.74) is 1.64. The lowest BCUT2D eigenvalue weighted by atomic mass is 10.2. The van der Waals surface area contributed by atoms with Gasteiger partial charge in [0.05, 0.1) is 17.1 Å². The van der Waals surface area contributed by atoms with Crippen LogP contribution in [-0.4, -0.2) is 20.1 Å². The third kappa shape index (κ3) is 3.09. The van der Waals surface area contributed by atoms with Crippen molar-refractivity contribution in [3.8, 4) is 6.07 Å². The van der Waals surface area contributed by atoms with Crippen LogP contribution in [0.15, 0.2) is 40.6 Å². The highest BCUT2D eigenvalue weighted by Crippen LogP contribution is 2.33. The number of hydrogen-bond donors (Lipinski definition) is 0. The van der Waals surface area contributed by atoms with E-state index in [9.17, 15) is 4.79 Å². The van der Waals surface area contributed by atoms with Gasteiger partial charge in [-0.15, -0.1) is 11.3 Å². The van der Waals surface area contributed by atoms with Crippen LogP contribution in [0.4, 0.5) is 0 Å². The van der Waals surface area contributed by atoms with E-state index in [2.05, 4.69) is 4.98 Å². The summed E-state index contributed by atoms with van der Waals surface area (Å²) in [6.45, 7) is 0.462. The van der Waals surface area contributed by atoms with Gasteiger partial charge in [0.25, 0.3) is 5.91 Å². The van der Waals surface area contributed by atoms with Gasteiger partial charge in [0.2, 0.25) is 0 Å². The van der Waals surface area contributed by atoms with Gasteiger partial charge in [-0.1, -0.05) is 54.3 Å². The Labute approximate surface area is 141 Å². The van der Waals surface area contributed by atoms with E-state index >= 15 is 0 Å². The zero-order chi connectivity index (χ0) is 15.5. The lowest BCUT2D eigenvalue weighted by Gasteiger charge is -2.14. The van der Waals surface area contributed by atoms with E-state index in [-0.39, 0.29) is 5.91 Å². The van der Waals surface area contributed by atoms with Crippen molar-refractivity contribution in [3.05, 3.63) is 56.9 Å². The van der Waals surface area contributed by atoms with Gasteiger partial charge in [-0.3, -0.25) is 9.69 Å². The van der Waals surface area contributed by atoms with Crippen LogP contribution < -0.4 is 0 Å². The molecule has 0 N–H and O–H groups in total. The van der Waals surface area contributed by atoms with Gasteiger partial charge in [-0.25, -0.2) is 4.98 Å². The molecule has 0 bridgehead atoms. The van der Waals surface area contributed by atoms with Crippen molar-refractivity contribution in [2.45, 2.75) is 6.54 Å². The average Bonchev–Trinajstić information content (AvgIpc) is 3.09. The van der Waals surface area contributed by atoms with Crippen LogP contribution >= 0.6 is 35.3 Å². The third-order valence-electron chi connectivity index (χ3n) is 2.95. The van der Waals surface area contributed by atoms with E-state index in [1.54, 1.807) is 16.4 Å². The molecule has 22 heavy (non-hydrogen) atoms. The second-order valence-electron chi connectivity index (χ2n) is 4.44. The largest absolute Gasteiger partial charge is 0.288 e. The zero-order valence-corrected chi connectivity index (χ0v) is 13.7. The van der Waals surface area contributed by atoms with Gasteiger partial charge in [-0.2, -0.15) is 5.26 Å². The van der Waals surface area contributed by atoms with Crippen LogP contribution in [0, 0.1) is 11.3 Å². The summed E-state index contributed by atoms with van der Waals surface area (Å²) in [4.78, 5) is 18.7. The molecule has 1 aromatic carbocycles. The van der Waals surface area contributed by atoms with E-state index < -0.39 is 0 Å². The summed E-state index contributed by atoms with van der Waals surface area (Å²) in [6, 6.07) is 11.7. The molecule has 1 aromatic heterocycles. The minimum absolute atomic E-state index is 0.120. The Hall–Kier alpha value is -2.01. The fourth-order valence-electron chi connectivity index (χ4n) is 1.94. The highest BCUT2D eigenvalue weighted by Gasteiger charge is 2.32. The number of aromatic nitrogens is 1. The van der Waals surface area contributed by atoms with E-state index in [4.69, 9.17) is 17.5 Å². The highest BCUT2D eigenvalue weighted by atomic mass is 32.2. The Morgan fingerprint density at radius 3 is 2.82 bits per heavy atom. The van der Waals surface area contributed by atoms with Crippen LogP contribution in [0.3, 0.4) is 0 Å². The zero-order valence-electron chi connectivity index (χ0n) is 11.2. The summed E-state index contributed by atoms with van der Waals surface area (Å²) in [7, 11) is 0. The first-order valence-electron chi connectivity index (χ1n) is 6.32. The molecule has 0 radical (unpaired) electrons. The second-order valence-corrected chi connectivity index (χ2v) is 6.98. The lowest BCUT2D eigenvalue weighted by Crippen LogP contribution is -2.27. The lowest BCUT2D eigenvalue weighted by molar-refractivity contribution is -0.122. The number of carbonyl (C=O) groups excluding carboxylic acids is 1. The summed E-state index contributed by atoms with van der Waals surface area (Å²) in [6.07, 6.45) is 1.68. The van der Waals surface area contributed by atoms with E-state index in [1.165, 1.54) is 23.1 Å². The molecule has 1 aliphatic heterocycles. The normalized spacial score (nSPS) is 16.3. The van der Waals surface area contributed by atoms with E-state index in [0.717, 1.165) is 5.56 Å². The minimum atomic E-state index is -0.120. The fraction of sp³-hybridized carbons (Fsp3) is 0.0667. The number of carbonyl (C=O) groups is 1. The van der Waals surface area contributed by atoms with Crippen molar-refractivity contribution in [3.63, 3.8) is 0 Å². The molecule has 3 rings (SSSR count). The molecule has 1 saturated heterocycles. The molecule has 4 nitrogen and oxygen atoms in total. The van der Waals surface area contributed by atoms with Crippen molar-refractivity contribution >= 4 is 51.6 Å². The van der Waals surface area contributed by atoms with E-state index in [1.807, 2.05) is 36.4 Å². The van der Waals surface area contributed by atoms with Crippen LogP contribution in [0.25, 0.3) is 6.08 Å². The number of nitriles is 1. The monoisotopic (exact) mass is 343 g/mol. The van der Waals surface area contributed by atoms with Gasteiger partial charge in [0.15, 0.2) is 5.01 Å². The molecule has 1 fully saturated rings. The topological polar surface area (TPSA) is 57.0 Å². The number of thiazole rings is 1. The third-order valence-corrected chi connectivity index (χ3v) is 5.10. The SMILES string of the molecule is N#Cc1nc(/C=C2\SC(=S)N(Cc3ccccc3)C2=O)cs1. The molecular formula is C15H9N3OS3. The van der Waals surface area contributed by atoms with Crippen LogP contribution in [0.2, 0.25) is 0 Å². The van der Waals surface area contributed by atoms with Crippen LogP contribution in [0.1, 0.15) is 16.3 Å². The maximum atomic E-state index is 12.5. The number of rotatable bonds is 3. The highest BCUT2D eigenvalue weighted by molar-refractivity contribution is 8.26. The van der Waals surface area contributed by atoms with Crippen molar-refractivity contribution in [1.29, 1.82) is 5.26 Å². The number of benzene rings is 1. The second kappa shape index (κ2) is 6.40. The van der Waals surface area contributed by atoms with Crippen molar-refractivity contribution in [1.82, 2.24) is 9.88 Å². The van der Waals surface area contributed by atoms with Crippen molar-refractivity contribution < 1.29 is 4.79 Å². The van der Waals surface area contributed by atoms with Crippen molar-refractivity contribution in [2.24, 2.45) is 0 Å². The fourth-order valence-corrected chi connectivity index (χ4v) is 3.74. The number of amides is 1. The Bertz CT molecular complexity index is 805. The molecule has 2 aromatic rings. The number of thiocarbonyl (C=S) groups is 1. The molecule has 0 aliphatic carbocycles. The Morgan fingerprint density at radius 2 is 2.14 bits per heavy atom. The Kier molecular flexibility index (Phi) is 4.34. The van der Waals surface area contributed by atoms with Crippen LogP contribution in [0.5, 0.6) is 0 Å². The maximum Gasteiger partial charge on any atom is 0.266 e. The minimum Gasteiger partial charge on any atom is -0.288 e. The molecule has 0 atom stereocenters. The van der Waals surface area contributed by atoms with E-state index in [0.29, 0.717) is 26.5 Å². The summed E-state index contributed by atoms with van der Waals surface area (Å²) < 4.78 is 0.538. The molecule has 2 heterocycles. The number of hydrogen-bond acceptors (Lipinski definition) is 6. The van der Waals surface area contributed by atoms with Gasteiger partial charge < -0.3 is 0 Å². The van der Waals surface area contributed by atoms with Gasteiger partial charge in [-0.05, 0) is 11.6 Å². The molecule has 0 unspecified atom stereocenters. The standard InChI is InChI=1S/C15H9N3OS3/c16-7-13-17-11(9-21-13)6-12-14(19)18(15(20)22-12)8-10-4-2-1-3-5-10/h1-6,9H,8H2/b12-6-. The van der Waals surface area contributed by atoms with Gasteiger partial charge in [0, 0.05) is 5.38 Å². The smallest absolute Gasteiger partial charge is 0.266 e. The number of nitrogens with zero attached hydrogens (tertiary/aromatic N) is 3. The first-order valence-corrected chi connectivity index (χ1v) is 8.43. The van der Waals surface area contributed by atoms with Crippen molar-refractivity contribution in [2.75, 3.05) is 0 Å². The number of thioether (sulfide) groups is 1. The summed E-state index contributed by atoms with van der Waals surface area (Å²) in [5.74, 6) is -0.120. The molecule has 7 heteroatoms. The molecule has 0 saturated carbocycles. The Balaban J connectivity index is 1.81. The summed E-state index contributed by atoms with van der Waals surface area (Å²) in [5, 5.41) is 10.9. The molecule has 1 amide bonds. The Morgan fingerprint density at radius 1 is 1.36 bits per heavy atom. The predicted molar refractivity (Wildman–Crippen MR) is 92.0 cm³/mol. The molecule has 0 spiro atoms. The van der Waals surface area contributed by atoms with Gasteiger partial charge in [0.1, 0.15) is 10.4 Å². The average molecular weight is 343 g/mol. The predicted octanol–water partition coefficient (Wildman–Crippen LogP) is 3.42. The molecular weight excluding hydrogens is 334 g/mol. The maximum absolute atomic E-state index is 12.5. The first kappa shape index (κ1) is 14.9. The molecule has 1 aliphatic rings. The van der Waals surface area contributed by atoms with Crippen LogP contribution in [-0.2, 0) is 11.3 Å². The van der Waals surface area contributed by atoms with Gasteiger partial charge >= 0.3 is 0 Å². The first-order chi connectivity index (χ1) is 10.7. The molecule has 108 valence electrons. The quantitative estimate of drug-likeness (QED) is 0.631.